The molecule has 6 heteroatoms. The van der Waals surface area contributed by atoms with Gasteiger partial charge in [-0.1, -0.05) is 31.0 Å². The number of carbonyl (C=O) groups excluding carboxylic acids is 1. The number of aliphatic hydroxyl groups excluding tert-OH is 1. The van der Waals surface area contributed by atoms with Gasteiger partial charge in [-0.25, -0.2) is 4.79 Å². The second kappa shape index (κ2) is 8.27. The maximum absolute atomic E-state index is 13.3. The van der Waals surface area contributed by atoms with Crippen LogP contribution in [0.15, 0.2) is 27.8 Å². The van der Waals surface area contributed by atoms with Crippen LogP contribution >= 0.6 is 0 Å². The van der Waals surface area contributed by atoms with Gasteiger partial charge >= 0.3 is 5.69 Å². The van der Waals surface area contributed by atoms with Crippen LogP contribution in [-0.2, 0) is 6.54 Å². The molecule has 1 heterocycles. The molecule has 2 rings (SSSR count). The summed E-state index contributed by atoms with van der Waals surface area (Å²) in [5, 5.41) is 9.01. The summed E-state index contributed by atoms with van der Waals surface area (Å²) in [6.07, 6.45) is 1.05. The first-order valence-corrected chi connectivity index (χ1v) is 8.87. The first-order chi connectivity index (χ1) is 12.3. The largest absolute Gasteiger partial charge is 0.396 e. The number of hydrogen-bond donors (Lipinski definition) is 2. The summed E-state index contributed by atoms with van der Waals surface area (Å²) >= 11 is 0. The molecule has 0 saturated heterocycles. The second-order valence-electron chi connectivity index (χ2n) is 6.96. The van der Waals surface area contributed by atoms with Crippen LogP contribution in [0.1, 0.15) is 65.3 Å². The number of unbranched alkanes of at least 4 members (excludes halogenated alkanes) is 1. The van der Waals surface area contributed by atoms with Crippen molar-refractivity contribution in [2.75, 3.05) is 6.61 Å². The number of hydrogen-bond acceptors (Lipinski definition) is 4. The Hall–Kier alpha value is -2.47. The topological polar surface area (TPSA) is 92.2 Å². The molecule has 0 fully saturated rings. The van der Waals surface area contributed by atoms with E-state index in [1.54, 1.807) is 12.1 Å². The zero-order valence-corrected chi connectivity index (χ0v) is 15.8. The van der Waals surface area contributed by atoms with Crippen molar-refractivity contribution in [3.8, 4) is 0 Å². The van der Waals surface area contributed by atoms with E-state index in [9.17, 15) is 14.4 Å². The Morgan fingerprint density at radius 3 is 2.27 bits per heavy atom. The van der Waals surface area contributed by atoms with E-state index < -0.39 is 11.2 Å². The summed E-state index contributed by atoms with van der Waals surface area (Å²) in [7, 11) is 0. The van der Waals surface area contributed by atoms with E-state index in [4.69, 9.17) is 5.11 Å². The van der Waals surface area contributed by atoms with Crippen LogP contribution in [0.3, 0.4) is 0 Å². The predicted molar refractivity (Wildman–Crippen MR) is 101 cm³/mol. The average Bonchev–Trinajstić information content (AvgIpc) is 2.54. The van der Waals surface area contributed by atoms with Crippen LogP contribution in [-0.4, -0.2) is 27.0 Å². The van der Waals surface area contributed by atoms with Crippen LogP contribution in [0.25, 0.3) is 0 Å². The van der Waals surface area contributed by atoms with E-state index in [2.05, 4.69) is 4.98 Å². The van der Waals surface area contributed by atoms with Crippen LogP contribution in [0.4, 0.5) is 0 Å². The second-order valence-corrected chi connectivity index (χ2v) is 6.96. The van der Waals surface area contributed by atoms with Crippen molar-refractivity contribution in [2.24, 2.45) is 0 Å². The minimum Gasteiger partial charge on any atom is -0.396 e. The Labute approximate surface area is 152 Å². The predicted octanol–water partition coefficient (Wildman–Crippen LogP) is 2.28. The molecule has 0 radical (unpaired) electrons. The van der Waals surface area contributed by atoms with Crippen molar-refractivity contribution in [2.45, 2.75) is 53.0 Å². The molecular formula is C20H26N2O4. The first-order valence-electron chi connectivity index (χ1n) is 8.87. The van der Waals surface area contributed by atoms with Gasteiger partial charge in [0.2, 0.25) is 5.78 Å². The fraction of sp³-hybridized carbons (Fsp3) is 0.450. The number of ketones is 1. The van der Waals surface area contributed by atoms with Crippen molar-refractivity contribution in [3.63, 3.8) is 0 Å². The van der Waals surface area contributed by atoms with Crippen LogP contribution in [0, 0.1) is 13.8 Å². The molecule has 140 valence electrons. The molecule has 26 heavy (non-hydrogen) atoms. The van der Waals surface area contributed by atoms with Gasteiger partial charge in [0.1, 0.15) is 5.69 Å². The van der Waals surface area contributed by atoms with Gasteiger partial charge < -0.3 is 5.11 Å². The lowest BCUT2D eigenvalue weighted by Crippen LogP contribution is -2.38. The summed E-state index contributed by atoms with van der Waals surface area (Å²) in [5.74, 6) is -0.541. The van der Waals surface area contributed by atoms with Gasteiger partial charge in [0.05, 0.1) is 0 Å². The monoisotopic (exact) mass is 358 g/mol. The Bertz CT molecular complexity index is 902. The summed E-state index contributed by atoms with van der Waals surface area (Å²) in [5.41, 5.74) is 1.71. The van der Waals surface area contributed by atoms with E-state index >= 15 is 0 Å². The third-order valence-corrected chi connectivity index (χ3v) is 4.30. The minimum atomic E-state index is -0.593. The van der Waals surface area contributed by atoms with Crippen molar-refractivity contribution >= 4 is 5.78 Å². The number of aliphatic hydroxyl groups is 1. The highest BCUT2D eigenvalue weighted by Gasteiger charge is 2.24. The summed E-state index contributed by atoms with van der Waals surface area (Å²) in [6, 6.07) is 5.50. The molecule has 0 bridgehead atoms. The molecule has 1 aromatic carbocycles. The molecule has 0 amide bonds. The zero-order chi connectivity index (χ0) is 19.4. The number of rotatable bonds is 7. The Morgan fingerprint density at radius 2 is 1.73 bits per heavy atom. The van der Waals surface area contributed by atoms with Gasteiger partial charge in [0.15, 0.2) is 0 Å². The number of aromatic nitrogens is 2. The van der Waals surface area contributed by atoms with Crippen LogP contribution in [0.2, 0.25) is 0 Å². The molecule has 0 spiro atoms. The normalized spacial score (nSPS) is 11.2. The number of benzene rings is 1. The highest BCUT2D eigenvalue weighted by Crippen LogP contribution is 2.20. The number of aromatic amines is 1. The molecule has 0 saturated carbocycles. The van der Waals surface area contributed by atoms with E-state index in [-0.39, 0.29) is 30.5 Å². The van der Waals surface area contributed by atoms with Gasteiger partial charge in [0, 0.05) is 24.3 Å². The molecule has 0 aliphatic carbocycles. The van der Waals surface area contributed by atoms with E-state index in [1.807, 2.05) is 33.8 Å². The Morgan fingerprint density at radius 1 is 1.12 bits per heavy atom. The number of H-pyrrole nitrogens is 1. The molecule has 1 aromatic heterocycles. The lowest BCUT2D eigenvalue weighted by atomic mass is 9.95. The smallest absolute Gasteiger partial charge is 0.328 e. The number of aryl methyl sites for hydroxylation is 2. The average molecular weight is 358 g/mol. The maximum Gasteiger partial charge on any atom is 0.328 e. The van der Waals surface area contributed by atoms with Gasteiger partial charge in [-0.2, -0.15) is 0 Å². The van der Waals surface area contributed by atoms with E-state index in [1.165, 1.54) is 4.57 Å². The summed E-state index contributed by atoms with van der Waals surface area (Å²) < 4.78 is 1.34. The van der Waals surface area contributed by atoms with Crippen LogP contribution in [0.5, 0.6) is 0 Å². The fourth-order valence-corrected chi connectivity index (χ4v) is 3.20. The van der Waals surface area contributed by atoms with Gasteiger partial charge in [-0.3, -0.25) is 19.1 Å². The Balaban J connectivity index is 2.71. The third kappa shape index (κ3) is 4.19. The van der Waals surface area contributed by atoms with Crippen molar-refractivity contribution < 1.29 is 9.90 Å². The fourth-order valence-electron chi connectivity index (χ4n) is 3.20. The molecule has 2 aromatic rings. The van der Waals surface area contributed by atoms with Crippen LogP contribution < -0.4 is 11.2 Å². The van der Waals surface area contributed by atoms with E-state index in [0.717, 1.165) is 11.1 Å². The lowest BCUT2D eigenvalue weighted by Gasteiger charge is -2.17. The number of nitrogens with zero attached hydrogens (tertiary/aromatic N) is 1. The molecule has 0 aliphatic heterocycles. The standard InChI is InChI=1S/C20H26N2O4/c1-12(2)16-17(18(24)15-10-13(3)9-14(4)11-15)22(7-5-6-8-23)20(26)21-19(16)25/h9-12,23H,5-8H2,1-4H3,(H,21,25,26). The van der Waals surface area contributed by atoms with Crippen molar-refractivity contribution in [3.05, 3.63) is 67.0 Å². The summed E-state index contributed by atoms with van der Waals surface area (Å²) in [6.45, 7) is 7.73. The van der Waals surface area contributed by atoms with Crippen molar-refractivity contribution in [1.82, 2.24) is 9.55 Å². The molecular weight excluding hydrogens is 332 g/mol. The van der Waals surface area contributed by atoms with E-state index in [0.29, 0.717) is 24.0 Å². The molecule has 0 atom stereocenters. The molecule has 6 nitrogen and oxygen atoms in total. The third-order valence-electron chi connectivity index (χ3n) is 4.30. The quantitative estimate of drug-likeness (QED) is 0.587. The molecule has 0 unspecified atom stereocenters. The molecule has 0 aliphatic rings. The SMILES string of the molecule is Cc1cc(C)cc(C(=O)c2c(C(C)C)c(=O)[nH]c(=O)n2CCCCO)c1. The number of carbonyl (C=O) groups is 1. The van der Waals surface area contributed by atoms with Gasteiger partial charge in [-0.05, 0) is 44.7 Å². The lowest BCUT2D eigenvalue weighted by molar-refractivity contribution is 0.102. The summed E-state index contributed by atoms with van der Waals surface area (Å²) in [4.78, 5) is 40.4. The van der Waals surface area contributed by atoms with Crippen molar-refractivity contribution in [1.29, 1.82) is 0 Å². The zero-order valence-electron chi connectivity index (χ0n) is 15.8. The highest BCUT2D eigenvalue weighted by atomic mass is 16.3. The maximum atomic E-state index is 13.3. The first kappa shape index (κ1) is 19.8. The van der Waals surface area contributed by atoms with Gasteiger partial charge in [-0.15, -0.1) is 0 Å². The minimum absolute atomic E-state index is 0.00942. The Kier molecular flexibility index (Phi) is 6.32. The molecule has 2 N–H and O–H groups in total. The highest BCUT2D eigenvalue weighted by molar-refractivity contribution is 6.09. The number of nitrogens with one attached hydrogen (secondary N) is 1. The van der Waals surface area contributed by atoms with Gasteiger partial charge in [0.25, 0.3) is 5.56 Å².